The molecule has 4 nitrogen and oxygen atoms in total. The first kappa shape index (κ1) is 13.9. The molecule has 0 spiro atoms. The molecule has 2 N–H and O–H groups in total. The third-order valence-electron chi connectivity index (χ3n) is 2.65. The van der Waals surface area contributed by atoms with Gasteiger partial charge in [-0.3, -0.25) is 0 Å². The molecule has 0 radical (unpaired) electrons. The van der Waals surface area contributed by atoms with Crippen LogP contribution in [0.4, 0.5) is 5.82 Å². The summed E-state index contributed by atoms with van der Waals surface area (Å²) in [6, 6.07) is 4.25. The molecule has 96 valence electrons. The SMILES string of the molecule is CC(N)Cc1cccnc1N(C)CCN(C)C. The minimum Gasteiger partial charge on any atom is -0.358 e. The average Bonchev–Trinajstić information content (AvgIpc) is 2.25. The Morgan fingerprint density at radius 3 is 2.59 bits per heavy atom. The summed E-state index contributed by atoms with van der Waals surface area (Å²) in [6.45, 7) is 4.01. The van der Waals surface area contributed by atoms with E-state index in [-0.39, 0.29) is 6.04 Å². The van der Waals surface area contributed by atoms with Gasteiger partial charge in [0, 0.05) is 32.4 Å². The van der Waals surface area contributed by atoms with E-state index in [9.17, 15) is 0 Å². The second-order valence-corrected chi connectivity index (χ2v) is 4.89. The van der Waals surface area contributed by atoms with Crippen LogP contribution in [0.3, 0.4) is 0 Å². The molecule has 0 aliphatic carbocycles. The summed E-state index contributed by atoms with van der Waals surface area (Å²) in [5.74, 6) is 1.05. The van der Waals surface area contributed by atoms with E-state index in [2.05, 4.69) is 42.0 Å². The molecule has 0 saturated heterocycles. The average molecular weight is 236 g/mol. The summed E-state index contributed by atoms with van der Waals surface area (Å²) in [5.41, 5.74) is 7.09. The van der Waals surface area contributed by atoms with Crippen molar-refractivity contribution in [3.05, 3.63) is 23.9 Å². The normalized spacial score (nSPS) is 12.8. The van der Waals surface area contributed by atoms with Crippen LogP contribution in [0.15, 0.2) is 18.3 Å². The van der Waals surface area contributed by atoms with Crippen molar-refractivity contribution < 1.29 is 0 Å². The minimum atomic E-state index is 0.167. The maximum atomic E-state index is 5.86. The predicted octanol–water partition coefficient (Wildman–Crippen LogP) is 0.969. The molecule has 1 rings (SSSR count). The third-order valence-corrected chi connectivity index (χ3v) is 2.65. The van der Waals surface area contributed by atoms with Crippen molar-refractivity contribution in [1.29, 1.82) is 0 Å². The Labute approximate surface area is 104 Å². The van der Waals surface area contributed by atoms with Crippen LogP contribution in [0.25, 0.3) is 0 Å². The van der Waals surface area contributed by atoms with Crippen LogP contribution in [0, 0.1) is 0 Å². The number of hydrogen-bond acceptors (Lipinski definition) is 4. The highest BCUT2D eigenvalue weighted by Crippen LogP contribution is 2.16. The van der Waals surface area contributed by atoms with E-state index in [0.29, 0.717) is 0 Å². The first-order chi connectivity index (χ1) is 8.00. The molecule has 4 heteroatoms. The number of hydrogen-bond donors (Lipinski definition) is 1. The van der Waals surface area contributed by atoms with Crippen molar-refractivity contribution in [1.82, 2.24) is 9.88 Å². The van der Waals surface area contributed by atoms with Crippen molar-refractivity contribution in [2.24, 2.45) is 5.73 Å². The number of aromatic nitrogens is 1. The first-order valence-electron chi connectivity index (χ1n) is 6.06. The molecule has 0 aromatic carbocycles. The van der Waals surface area contributed by atoms with Gasteiger partial charge < -0.3 is 15.5 Å². The van der Waals surface area contributed by atoms with Gasteiger partial charge in [0.2, 0.25) is 0 Å². The highest BCUT2D eigenvalue weighted by Gasteiger charge is 2.10. The number of anilines is 1. The van der Waals surface area contributed by atoms with Crippen LogP contribution in [-0.2, 0) is 6.42 Å². The number of pyridine rings is 1. The molecule has 0 amide bonds. The molecular weight excluding hydrogens is 212 g/mol. The van der Waals surface area contributed by atoms with Gasteiger partial charge in [-0.1, -0.05) is 6.07 Å². The van der Waals surface area contributed by atoms with E-state index in [1.807, 2.05) is 19.2 Å². The summed E-state index contributed by atoms with van der Waals surface area (Å²) in [7, 11) is 6.24. The number of rotatable bonds is 6. The Morgan fingerprint density at radius 2 is 2.00 bits per heavy atom. The Morgan fingerprint density at radius 1 is 1.29 bits per heavy atom. The summed E-state index contributed by atoms with van der Waals surface area (Å²) < 4.78 is 0. The molecule has 0 aliphatic rings. The molecule has 1 unspecified atom stereocenters. The molecule has 0 fully saturated rings. The highest BCUT2D eigenvalue weighted by atomic mass is 15.2. The van der Waals surface area contributed by atoms with Gasteiger partial charge in [0.05, 0.1) is 0 Å². The van der Waals surface area contributed by atoms with Crippen molar-refractivity contribution in [3.8, 4) is 0 Å². The van der Waals surface area contributed by atoms with Gasteiger partial charge in [-0.2, -0.15) is 0 Å². The Hall–Kier alpha value is -1.13. The quantitative estimate of drug-likeness (QED) is 0.799. The van der Waals surface area contributed by atoms with Gasteiger partial charge in [-0.05, 0) is 39.1 Å². The second kappa shape index (κ2) is 6.57. The maximum absolute atomic E-state index is 5.86. The lowest BCUT2D eigenvalue weighted by atomic mass is 10.1. The smallest absolute Gasteiger partial charge is 0.131 e. The minimum absolute atomic E-state index is 0.167. The fraction of sp³-hybridized carbons (Fsp3) is 0.615. The van der Waals surface area contributed by atoms with E-state index in [0.717, 1.165) is 25.3 Å². The topological polar surface area (TPSA) is 45.4 Å². The lowest BCUT2D eigenvalue weighted by Gasteiger charge is -2.23. The van der Waals surface area contributed by atoms with E-state index in [1.54, 1.807) is 0 Å². The van der Waals surface area contributed by atoms with Crippen LogP contribution in [0.2, 0.25) is 0 Å². The maximum Gasteiger partial charge on any atom is 0.131 e. The van der Waals surface area contributed by atoms with Crippen LogP contribution in [0.5, 0.6) is 0 Å². The van der Waals surface area contributed by atoms with Crippen LogP contribution in [-0.4, -0.2) is 50.2 Å². The molecule has 1 heterocycles. The van der Waals surface area contributed by atoms with Gasteiger partial charge in [0.15, 0.2) is 0 Å². The molecular formula is C13H24N4. The van der Waals surface area contributed by atoms with E-state index in [4.69, 9.17) is 5.73 Å². The van der Waals surface area contributed by atoms with Gasteiger partial charge in [-0.15, -0.1) is 0 Å². The molecule has 0 bridgehead atoms. The van der Waals surface area contributed by atoms with Crippen LogP contribution >= 0.6 is 0 Å². The van der Waals surface area contributed by atoms with Crippen LogP contribution in [0.1, 0.15) is 12.5 Å². The van der Waals surface area contributed by atoms with Crippen molar-refractivity contribution in [3.63, 3.8) is 0 Å². The van der Waals surface area contributed by atoms with Crippen molar-refractivity contribution >= 4 is 5.82 Å². The molecule has 0 saturated carbocycles. The van der Waals surface area contributed by atoms with Gasteiger partial charge in [0.1, 0.15) is 5.82 Å². The summed E-state index contributed by atoms with van der Waals surface area (Å²) in [4.78, 5) is 8.82. The summed E-state index contributed by atoms with van der Waals surface area (Å²) >= 11 is 0. The Bertz CT molecular complexity index is 336. The second-order valence-electron chi connectivity index (χ2n) is 4.89. The molecule has 17 heavy (non-hydrogen) atoms. The van der Waals surface area contributed by atoms with E-state index in [1.165, 1.54) is 5.56 Å². The molecule has 1 aromatic rings. The zero-order valence-corrected chi connectivity index (χ0v) is 11.3. The number of nitrogens with two attached hydrogens (primary N) is 1. The first-order valence-corrected chi connectivity index (χ1v) is 6.06. The monoisotopic (exact) mass is 236 g/mol. The van der Waals surface area contributed by atoms with E-state index >= 15 is 0 Å². The summed E-state index contributed by atoms with van der Waals surface area (Å²) in [6.07, 6.45) is 2.71. The fourth-order valence-corrected chi connectivity index (χ4v) is 1.74. The Balaban J connectivity index is 2.74. The zero-order valence-electron chi connectivity index (χ0n) is 11.3. The van der Waals surface area contributed by atoms with Crippen LogP contribution < -0.4 is 10.6 Å². The Kier molecular flexibility index (Phi) is 5.38. The molecule has 1 aromatic heterocycles. The fourth-order valence-electron chi connectivity index (χ4n) is 1.74. The lowest BCUT2D eigenvalue weighted by molar-refractivity contribution is 0.416. The zero-order chi connectivity index (χ0) is 12.8. The lowest BCUT2D eigenvalue weighted by Crippen LogP contribution is -2.30. The van der Waals surface area contributed by atoms with Gasteiger partial charge in [0.25, 0.3) is 0 Å². The number of likely N-dealkylation sites (N-methyl/N-ethyl adjacent to an activating group) is 2. The predicted molar refractivity (Wildman–Crippen MR) is 73.4 cm³/mol. The largest absolute Gasteiger partial charge is 0.358 e. The summed E-state index contributed by atoms with van der Waals surface area (Å²) in [5, 5.41) is 0. The number of nitrogens with zero attached hydrogens (tertiary/aromatic N) is 3. The van der Waals surface area contributed by atoms with Crippen molar-refractivity contribution in [2.75, 3.05) is 39.1 Å². The van der Waals surface area contributed by atoms with E-state index < -0.39 is 0 Å². The van der Waals surface area contributed by atoms with Gasteiger partial charge >= 0.3 is 0 Å². The standard InChI is InChI=1S/C13H24N4/c1-11(14)10-12-6-5-7-15-13(12)17(4)9-8-16(2)3/h5-7,11H,8-10,14H2,1-4H3. The highest BCUT2D eigenvalue weighted by molar-refractivity contribution is 5.46. The molecule has 0 aliphatic heterocycles. The van der Waals surface area contributed by atoms with Crippen molar-refractivity contribution in [2.45, 2.75) is 19.4 Å². The molecule has 1 atom stereocenters. The van der Waals surface area contributed by atoms with Gasteiger partial charge in [-0.25, -0.2) is 4.98 Å². The third kappa shape index (κ3) is 4.71.